The van der Waals surface area contributed by atoms with Crippen molar-refractivity contribution < 1.29 is 28.5 Å². The molecule has 1 rings (SSSR count). The predicted octanol–water partition coefficient (Wildman–Crippen LogP) is 7.07. The molecule has 0 heterocycles. The molecule has 0 aromatic heterocycles. The second-order valence-electron chi connectivity index (χ2n) is 9.68. The number of amides is 1. The lowest BCUT2D eigenvalue weighted by Gasteiger charge is -2.09. The highest BCUT2D eigenvalue weighted by atomic mass is 16.6. The molecular weight excluding hydrogens is 482 g/mol. The number of hydrogen-bond acceptors (Lipinski definition) is 6. The molecule has 0 bridgehead atoms. The highest BCUT2D eigenvalue weighted by molar-refractivity contribution is 5.67. The molecule has 0 radical (unpaired) electrons. The SMILES string of the molecule is CCCCCCCCCCCCCCCOCCOCCOCCOCCNC(=O)OCc1ccccc1. The molecular formula is C31H55NO6. The molecule has 0 aliphatic rings. The van der Waals surface area contributed by atoms with E-state index in [1.54, 1.807) is 0 Å². The molecule has 1 amide bonds. The zero-order valence-corrected chi connectivity index (χ0v) is 24.1. The molecule has 0 aliphatic carbocycles. The Bertz CT molecular complexity index is 616. The zero-order valence-electron chi connectivity index (χ0n) is 24.1. The van der Waals surface area contributed by atoms with Crippen molar-refractivity contribution in [2.75, 3.05) is 59.4 Å². The van der Waals surface area contributed by atoms with Gasteiger partial charge >= 0.3 is 6.09 Å². The van der Waals surface area contributed by atoms with Crippen LogP contribution in [0.15, 0.2) is 30.3 Å². The first kappa shape index (κ1) is 34.4. The summed E-state index contributed by atoms with van der Waals surface area (Å²) >= 11 is 0. The largest absolute Gasteiger partial charge is 0.445 e. The van der Waals surface area contributed by atoms with Gasteiger partial charge in [0.25, 0.3) is 0 Å². The van der Waals surface area contributed by atoms with Crippen LogP contribution in [0.1, 0.15) is 96.0 Å². The second-order valence-corrected chi connectivity index (χ2v) is 9.68. The van der Waals surface area contributed by atoms with Gasteiger partial charge in [-0.05, 0) is 12.0 Å². The van der Waals surface area contributed by atoms with Gasteiger partial charge < -0.3 is 29.0 Å². The van der Waals surface area contributed by atoms with Gasteiger partial charge in [0, 0.05) is 13.2 Å². The summed E-state index contributed by atoms with van der Waals surface area (Å²) in [6.45, 7) is 7.48. The number of unbranched alkanes of at least 4 members (excludes halogenated alkanes) is 12. The predicted molar refractivity (Wildman–Crippen MR) is 154 cm³/mol. The van der Waals surface area contributed by atoms with Gasteiger partial charge in [-0.2, -0.15) is 0 Å². The normalized spacial score (nSPS) is 11.1. The van der Waals surface area contributed by atoms with Crippen LogP contribution >= 0.6 is 0 Å². The fourth-order valence-corrected chi connectivity index (χ4v) is 3.98. The highest BCUT2D eigenvalue weighted by Crippen LogP contribution is 2.12. The van der Waals surface area contributed by atoms with Gasteiger partial charge in [0.2, 0.25) is 0 Å². The molecule has 0 fully saturated rings. The highest BCUT2D eigenvalue weighted by Gasteiger charge is 2.01. The summed E-state index contributed by atoms with van der Waals surface area (Å²) in [5.41, 5.74) is 0.956. The molecule has 0 unspecified atom stereocenters. The minimum Gasteiger partial charge on any atom is -0.445 e. The molecule has 1 N–H and O–H groups in total. The van der Waals surface area contributed by atoms with Crippen molar-refractivity contribution in [3.63, 3.8) is 0 Å². The van der Waals surface area contributed by atoms with Crippen molar-refractivity contribution in [3.8, 4) is 0 Å². The Morgan fingerprint density at radius 1 is 0.579 bits per heavy atom. The number of hydrogen-bond donors (Lipinski definition) is 1. The van der Waals surface area contributed by atoms with Crippen molar-refractivity contribution >= 4 is 6.09 Å². The number of alkyl carbamates (subject to hydrolysis) is 1. The van der Waals surface area contributed by atoms with Crippen LogP contribution in [0.2, 0.25) is 0 Å². The standard InChI is InChI=1S/C31H55NO6/c1-2-3-4-5-6-7-8-9-10-11-12-13-17-21-34-23-25-36-27-28-37-26-24-35-22-20-32-31(33)38-29-30-18-15-14-16-19-30/h14-16,18-19H,2-13,17,20-29H2,1H3,(H,32,33). The number of rotatable bonds is 28. The molecule has 1 aromatic carbocycles. The molecule has 220 valence electrons. The van der Waals surface area contributed by atoms with Gasteiger partial charge in [-0.3, -0.25) is 0 Å². The molecule has 38 heavy (non-hydrogen) atoms. The van der Waals surface area contributed by atoms with Crippen molar-refractivity contribution in [3.05, 3.63) is 35.9 Å². The van der Waals surface area contributed by atoms with E-state index in [-0.39, 0.29) is 6.61 Å². The molecule has 0 saturated carbocycles. The summed E-state index contributed by atoms with van der Waals surface area (Å²) in [6, 6.07) is 9.58. The number of carbonyl (C=O) groups is 1. The van der Waals surface area contributed by atoms with Crippen molar-refractivity contribution in [1.29, 1.82) is 0 Å². The molecule has 0 atom stereocenters. The van der Waals surface area contributed by atoms with Crippen LogP contribution in [0.5, 0.6) is 0 Å². The summed E-state index contributed by atoms with van der Waals surface area (Å²) in [6.07, 6.45) is 17.3. The summed E-state index contributed by atoms with van der Waals surface area (Å²) in [5, 5.41) is 2.66. The van der Waals surface area contributed by atoms with Gasteiger partial charge in [-0.15, -0.1) is 0 Å². The van der Waals surface area contributed by atoms with Gasteiger partial charge in [0.05, 0.1) is 46.2 Å². The van der Waals surface area contributed by atoms with Crippen LogP contribution in [0.4, 0.5) is 4.79 Å². The maximum absolute atomic E-state index is 11.6. The Morgan fingerprint density at radius 2 is 1.03 bits per heavy atom. The number of carbonyl (C=O) groups excluding carboxylic acids is 1. The molecule has 1 aromatic rings. The maximum atomic E-state index is 11.6. The van der Waals surface area contributed by atoms with Gasteiger partial charge in [-0.1, -0.05) is 114 Å². The minimum absolute atomic E-state index is 0.259. The first-order valence-corrected chi connectivity index (χ1v) is 15.1. The topological polar surface area (TPSA) is 75.3 Å². The molecule has 7 nitrogen and oxygen atoms in total. The van der Waals surface area contributed by atoms with E-state index in [0.717, 1.165) is 18.6 Å². The summed E-state index contributed by atoms with van der Waals surface area (Å²) < 4.78 is 27.2. The lowest BCUT2D eigenvalue weighted by atomic mass is 10.0. The average molecular weight is 538 g/mol. The van der Waals surface area contributed by atoms with Gasteiger partial charge in [0.15, 0.2) is 0 Å². The third kappa shape index (κ3) is 24.7. The van der Waals surface area contributed by atoms with Crippen molar-refractivity contribution in [2.24, 2.45) is 0 Å². The van der Waals surface area contributed by atoms with Crippen LogP contribution in [-0.4, -0.2) is 65.5 Å². The van der Waals surface area contributed by atoms with Crippen molar-refractivity contribution in [1.82, 2.24) is 5.32 Å². The van der Waals surface area contributed by atoms with E-state index in [2.05, 4.69) is 12.2 Å². The van der Waals surface area contributed by atoms with Crippen LogP contribution in [0.25, 0.3) is 0 Å². The van der Waals surface area contributed by atoms with Crippen LogP contribution in [0.3, 0.4) is 0 Å². The lowest BCUT2D eigenvalue weighted by Crippen LogP contribution is -2.28. The smallest absolute Gasteiger partial charge is 0.407 e. The zero-order chi connectivity index (χ0) is 27.2. The van der Waals surface area contributed by atoms with E-state index in [0.29, 0.717) is 52.8 Å². The molecule has 0 spiro atoms. The maximum Gasteiger partial charge on any atom is 0.407 e. The third-order valence-electron chi connectivity index (χ3n) is 6.24. The summed E-state index contributed by atoms with van der Waals surface area (Å²) in [5.74, 6) is 0. The summed E-state index contributed by atoms with van der Waals surface area (Å²) in [7, 11) is 0. The molecule has 7 heteroatoms. The van der Waals surface area contributed by atoms with E-state index in [4.69, 9.17) is 23.7 Å². The van der Waals surface area contributed by atoms with Crippen LogP contribution in [0, 0.1) is 0 Å². The Hall–Kier alpha value is -1.67. The number of ether oxygens (including phenoxy) is 5. The summed E-state index contributed by atoms with van der Waals surface area (Å²) in [4.78, 5) is 11.6. The van der Waals surface area contributed by atoms with Crippen LogP contribution < -0.4 is 5.32 Å². The van der Waals surface area contributed by atoms with Gasteiger partial charge in [0.1, 0.15) is 6.61 Å². The van der Waals surface area contributed by atoms with E-state index in [1.807, 2.05) is 30.3 Å². The monoisotopic (exact) mass is 537 g/mol. The Balaban J connectivity index is 1.67. The Morgan fingerprint density at radius 3 is 1.55 bits per heavy atom. The molecule has 0 aliphatic heterocycles. The second kappa shape index (κ2) is 28.3. The Kier molecular flexibility index (Phi) is 25.6. The fourth-order valence-electron chi connectivity index (χ4n) is 3.98. The first-order chi connectivity index (χ1) is 18.8. The third-order valence-corrected chi connectivity index (χ3v) is 6.24. The molecule has 0 saturated heterocycles. The number of benzene rings is 1. The van der Waals surface area contributed by atoms with Crippen molar-refractivity contribution in [2.45, 2.75) is 97.0 Å². The van der Waals surface area contributed by atoms with E-state index >= 15 is 0 Å². The minimum atomic E-state index is -0.445. The number of nitrogens with one attached hydrogen (secondary N) is 1. The van der Waals surface area contributed by atoms with E-state index in [9.17, 15) is 4.79 Å². The first-order valence-electron chi connectivity index (χ1n) is 15.1. The average Bonchev–Trinajstić information content (AvgIpc) is 2.94. The Labute approximate surface area is 232 Å². The fraction of sp³-hybridized carbons (Fsp3) is 0.774. The van der Waals surface area contributed by atoms with Gasteiger partial charge in [-0.25, -0.2) is 4.79 Å². The van der Waals surface area contributed by atoms with E-state index < -0.39 is 6.09 Å². The quantitative estimate of drug-likeness (QED) is 0.115. The van der Waals surface area contributed by atoms with Crippen LogP contribution in [-0.2, 0) is 30.3 Å². The lowest BCUT2D eigenvalue weighted by molar-refractivity contribution is -0.00182. The van der Waals surface area contributed by atoms with E-state index in [1.165, 1.54) is 77.0 Å².